The summed E-state index contributed by atoms with van der Waals surface area (Å²) in [5.41, 5.74) is 2.18. The van der Waals surface area contributed by atoms with E-state index in [9.17, 15) is 9.18 Å². The Morgan fingerprint density at radius 1 is 1.05 bits per heavy atom. The Hall–Kier alpha value is -2.07. The van der Waals surface area contributed by atoms with Crippen LogP contribution in [-0.4, -0.2) is 9.13 Å². The third-order valence-corrected chi connectivity index (χ3v) is 4.02. The third kappa shape index (κ3) is 2.25. The summed E-state index contributed by atoms with van der Waals surface area (Å²) in [6.07, 6.45) is 0. The van der Waals surface area contributed by atoms with Gasteiger partial charge in [0.05, 0.1) is 22.6 Å². The van der Waals surface area contributed by atoms with E-state index in [1.165, 1.54) is 6.07 Å². The molecule has 0 saturated carbocycles. The van der Waals surface area contributed by atoms with E-state index in [0.29, 0.717) is 12.1 Å². The molecule has 1 aromatic heterocycles. The van der Waals surface area contributed by atoms with Crippen molar-refractivity contribution in [1.29, 1.82) is 0 Å². The number of para-hydroxylation sites is 2. The number of aryl methyl sites for hydroxylation is 1. The van der Waals surface area contributed by atoms with Gasteiger partial charge in [0, 0.05) is 6.54 Å². The van der Waals surface area contributed by atoms with Crippen molar-refractivity contribution in [3.05, 3.63) is 69.4 Å². The van der Waals surface area contributed by atoms with Gasteiger partial charge < -0.3 is 0 Å². The lowest BCUT2D eigenvalue weighted by Gasteiger charge is -2.06. The summed E-state index contributed by atoms with van der Waals surface area (Å²) in [4.78, 5) is 12.5. The van der Waals surface area contributed by atoms with Gasteiger partial charge in [-0.15, -0.1) is 0 Å². The normalized spacial score (nSPS) is 11.2. The summed E-state index contributed by atoms with van der Waals surface area (Å²) in [5.74, 6) is -0.471. The van der Waals surface area contributed by atoms with Gasteiger partial charge in [0.25, 0.3) is 0 Å². The van der Waals surface area contributed by atoms with Crippen LogP contribution >= 0.6 is 11.6 Å². The van der Waals surface area contributed by atoms with Crippen molar-refractivity contribution in [2.75, 3.05) is 0 Å². The van der Waals surface area contributed by atoms with Crippen molar-refractivity contribution in [2.45, 2.75) is 20.0 Å². The van der Waals surface area contributed by atoms with Crippen LogP contribution in [0.25, 0.3) is 11.0 Å². The Bertz CT molecular complexity index is 866. The zero-order valence-electron chi connectivity index (χ0n) is 11.5. The van der Waals surface area contributed by atoms with Crippen LogP contribution < -0.4 is 5.69 Å². The second-order valence-corrected chi connectivity index (χ2v) is 5.19. The van der Waals surface area contributed by atoms with Gasteiger partial charge in [-0.05, 0) is 30.7 Å². The first-order chi connectivity index (χ1) is 10.1. The van der Waals surface area contributed by atoms with Gasteiger partial charge in [-0.25, -0.2) is 9.18 Å². The fourth-order valence-electron chi connectivity index (χ4n) is 2.57. The highest BCUT2D eigenvalue weighted by Gasteiger charge is 2.14. The first-order valence-electron chi connectivity index (χ1n) is 6.74. The molecule has 108 valence electrons. The third-order valence-electron chi connectivity index (χ3n) is 3.60. The van der Waals surface area contributed by atoms with Gasteiger partial charge in [-0.2, -0.15) is 0 Å². The van der Waals surface area contributed by atoms with E-state index in [0.717, 1.165) is 11.0 Å². The van der Waals surface area contributed by atoms with Gasteiger partial charge in [0.1, 0.15) is 5.82 Å². The van der Waals surface area contributed by atoms with Gasteiger partial charge in [0.2, 0.25) is 0 Å². The van der Waals surface area contributed by atoms with Crippen LogP contribution in [0.4, 0.5) is 4.39 Å². The molecule has 0 saturated heterocycles. The number of nitrogens with zero attached hydrogens (tertiary/aromatic N) is 2. The predicted octanol–water partition coefficient (Wildman–Crippen LogP) is 3.66. The van der Waals surface area contributed by atoms with Crippen LogP contribution in [0.1, 0.15) is 12.5 Å². The van der Waals surface area contributed by atoms with E-state index in [4.69, 9.17) is 11.6 Å². The van der Waals surface area contributed by atoms with Crippen molar-refractivity contribution in [3.63, 3.8) is 0 Å². The molecule has 0 radical (unpaired) electrons. The molecule has 21 heavy (non-hydrogen) atoms. The molecule has 0 aliphatic carbocycles. The SMILES string of the molecule is CCn1c(=O)n(Cc2cccc(F)c2Cl)c2ccccc21. The smallest absolute Gasteiger partial charge is 0.292 e. The Morgan fingerprint density at radius 3 is 2.38 bits per heavy atom. The van der Waals surface area contributed by atoms with Crippen LogP contribution in [0, 0.1) is 5.82 Å². The highest BCUT2D eigenvalue weighted by Crippen LogP contribution is 2.22. The molecule has 0 bridgehead atoms. The lowest BCUT2D eigenvalue weighted by atomic mass is 10.2. The topological polar surface area (TPSA) is 26.9 Å². The fraction of sp³-hybridized carbons (Fsp3) is 0.188. The standard InChI is InChI=1S/C16H14ClFN2O/c1-2-19-13-8-3-4-9-14(13)20(16(19)21)10-11-6-5-7-12(18)15(11)17/h3-9H,2,10H2,1H3. The summed E-state index contributed by atoms with van der Waals surface area (Å²) in [6.45, 7) is 2.76. The average Bonchev–Trinajstić information content (AvgIpc) is 2.76. The molecular formula is C16H14ClFN2O. The van der Waals surface area contributed by atoms with Crippen LogP contribution in [0.15, 0.2) is 47.3 Å². The zero-order chi connectivity index (χ0) is 15.0. The summed E-state index contributed by atoms with van der Waals surface area (Å²) in [6, 6.07) is 12.2. The molecule has 0 aliphatic rings. The molecule has 1 heterocycles. The van der Waals surface area contributed by atoms with Crippen molar-refractivity contribution >= 4 is 22.6 Å². The summed E-state index contributed by atoms with van der Waals surface area (Å²) >= 11 is 5.99. The van der Waals surface area contributed by atoms with E-state index in [1.54, 1.807) is 21.3 Å². The van der Waals surface area contributed by atoms with Crippen molar-refractivity contribution in [2.24, 2.45) is 0 Å². The van der Waals surface area contributed by atoms with E-state index in [1.807, 2.05) is 31.2 Å². The highest BCUT2D eigenvalue weighted by atomic mass is 35.5. The van der Waals surface area contributed by atoms with E-state index >= 15 is 0 Å². The number of hydrogen-bond donors (Lipinski definition) is 0. The monoisotopic (exact) mass is 304 g/mol. The van der Waals surface area contributed by atoms with Crippen LogP contribution in [0.3, 0.4) is 0 Å². The number of halogens is 2. The minimum atomic E-state index is -0.471. The quantitative estimate of drug-likeness (QED) is 0.725. The predicted molar refractivity (Wildman–Crippen MR) is 82.4 cm³/mol. The van der Waals surface area contributed by atoms with Crippen LogP contribution in [0.2, 0.25) is 5.02 Å². The van der Waals surface area contributed by atoms with Gasteiger partial charge in [-0.1, -0.05) is 35.9 Å². The molecule has 3 nitrogen and oxygen atoms in total. The fourth-order valence-corrected chi connectivity index (χ4v) is 2.76. The molecule has 0 aliphatic heterocycles. The molecule has 0 amide bonds. The number of fused-ring (bicyclic) bond motifs is 1. The number of rotatable bonds is 3. The largest absolute Gasteiger partial charge is 0.329 e. The lowest BCUT2D eigenvalue weighted by molar-refractivity contribution is 0.622. The molecular weight excluding hydrogens is 291 g/mol. The average molecular weight is 305 g/mol. The van der Waals surface area contributed by atoms with E-state index in [-0.39, 0.29) is 17.3 Å². The van der Waals surface area contributed by atoms with Crippen LogP contribution in [-0.2, 0) is 13.1 Å². The van der Waals surface area contributed by atoms with E-state index < -0.39 is 5.82 Å². The Kier molecular flexibility index (Phi) is 3.55. The van der Waals surface area contributed by atoms with Gasteiger partial charge in [-0.3, -0.25) is 9.13 Å². The molecule has 5 heteroatoms. The Labute approximate surface area is 126 Å². The van der Waals surface area contributed by atoms with Crippen LogP contribution in [0.5, 0.6) is 0 Å². The number of imidazole rings is 1. The molecule has 0 spiro atoms. The molecule has 0 unspecified atom stereocenters. The highest BCUT2D eigenvalue weighted by molar-refractivity contribution is 6.31. The number of hydrogen-bond acceptors (Lipinski definition) is 1. The minimum Gasteiger partial charge on any atom is -0.292 e. The minimum absolute atomic E-state index is 0.0673. The lowest BCUT2D eigenvalue weighted by Crippen LogP contribution is -2.24. The molecule has 2 aromatic carbocycles. The zero-order valence-corrected chi connectivity index (χ0v) is 12.3. The summed E-state index contributed by atoms with van der Waals surface area (Å²) < 4.78 is 16.9. The summed E-state index contributed by atoms with van der Waals surface area (Å²) in [7, 11) is 0. The second kappa shape index (κ2) is 5.37. The first-order valence-corrected chi connectivity index (χ1v) is 7.12. The maximum atomic E-state index is 13.5. The molecule has 0 fully saturated rings. The Morgan fingerprint density at radius 2 is 1.71 bits per heavy atom. The maximum Gasteiger partial charge on any atom is 0.329 e. The van der Waals surface area contributed by atoms with Crippen molar-refractivity contribution < 1.29 is 4.39 Å². The van der Waals surface area contributed by atoms with Gasteiger partial charge >= 0.3 is 5.69 Å². The first kappa shape index (κ1) is 13.9. The number of benzene rings is 2. The molecule has 0 N–H and O–H groups in total. The molecule has 0 atom stereocenters. The Balaban J connectivity index is 2.19. The molecule has 3 rings (SSSR count). The summed E-state index contributed by atoms with van der Waals surface area (Å²) in [5, 5.41) is 0.0673. The second-order valence-electron chi connectivity index (χ2n) is 4.81. The van der Waals surface area contributed by atoms with Gasteiger partial charge in [0.15, 0.2) is 0 Å². The van der Waals surface area contributed by atoms with E-state index in [2.05, 4.69) is 0 Å². The maximum absolute atomic E-state index is 13.5. The number of aromatic nitrogens is 2. The molecule has 3 aromatic rings. The van der Waals surface area contributed by atoms with Crippen molar-refractivity contribution in [3.8, 4) is 0 Å². The van der Waals surface area contributed by atoms with Crippen molar-refractivity contribution in [1.82, 2.24) is 9.13 Å².